The van der Waals surface area contributed by atoms with E-state index in [1.54, 1.807) is 0 Å². The second kappa shape index (κ2) is 5.80. The fourth-order valence-corrected chi connectivity index (χ4v) is 3.88. The van der Waals surface area contributed by atoms with Crippen molar-refractivity contribution in [3.05, 3.63) is 34.9 Å². The standard InChI is InChI=1S/C18H26N2O/c1-20(2)18(10-3-4-11-18)13-19-17(21)16-9-8-14-6-5-7-15(14)12-16/h8-9,12H,3-7,10-11,13H2,1-2H3,(H,19,21). The fraction of sp³-hybridized carbons (Fsp3) is 0.611. The number of nitrogens with one attached hydrogen (secondary N) is 1. The first-order valence-corrected chi connectivity index (χ1v) is 8.18. The molecule has 2 aliphatic carbocycles. The normalized spacial score (nSPS) is 19.8. The van der Waals surface area contributed by atoms with Gasteiger partial charge in [-0.25, -0.2) is 0 Å². The first-order valence-electron chi connectivity index (χ1n) is 8.18. The van der Waals surface area contributed by atoms with E-state index in [1.165, 1.54) is 49.7 Å². The lowest BCUT2D eigenvalue weighted by molar-refractivity contribution is 0.0900. The largest absolute Gasteiger partial charge is 0.350 e. The second-order valence-electron chi connectivity index (χ2n) is 6.85. The van der Waals surface area contributed by atoms with Crippen molar-refractivity contribution >= 4 is 5.91 Å². The highest BCUT2D eigenvalue weighted by Crippen LogP contribution is 2.33. The molecule has 1 saturated carbocycles. The number of hydrogen-bond donors (Lipinski definition) is 1. The van der Waals surface area contributed by atoms with E-state index in [0.29, 0.717) is 0 Å². The number of rotatable bonds is 4. The van der Waals surface area contributed by atoms with Gasteiger partial charge in [-0.2, -0.15) is 0 Å². The van der Waals surface area contributed by atoms with Crippen LogP contribution in [-0.4, -0.2) is 37.0 Å². The number of benzene rings is 1. The number of amides is 1. The first kappa shape index (κ1) is 14.6. The van der Waals surface area contributed by atoms with Crippen molar-refractivity contribution in [2.75, 3.05) is 20.6 Å². The topological polar surface area (TPSA) is 32.3 Å². The highest BCUT2D eigenvalue weighted by molar-refractivity contribution is 5.94. The molecule has 0 unspecified atom stereocenters. The maximum atomic E-state index is 12.4. The third kappa shape index (κ3) is 2.84. The zero-order chi connectivity index (χ0) is 14.9. The molecular weight excluding hydrogens is 260 g/mol. The van der Waals surface area contributed by atoms with Crippen LogP contribution in [0.4, 0.5) is 0 Å². The Labute approximate surface area is 127 Å². The van der Waals surface area contributed by atoms with Gasteiger partial charge in [0.2, 0.25) is 0 Å². The third-order valence-corrected chi connectivity index (χ3v) is 5.42. The Morgan fingerprint density at radius 2 is 1.86 bits per heavy atom. The van der Waals surface area contributed by atoms with Crippen LogP contribution in [0.1, 0.15) is 53.6 Å². The van der Waals surface area contributed by atoms with Gasteiger partial charge in [-0.1, -0.05) is 18.9 Å². The van der Waals surface area contributed by atoms with Gasteiger partial charge in [0.1, 0.15) is 0 Å². The highest BCUT2D eigenvalue weighted by atomic mass is 16.1. The average Bonchev–Trinajstić information content (AvgIpc) is 3.13. The summed E-state index contributed by atoms with van der Waals surface area (Å²) in [6, 6.07) is 6.21. The Morgan fingerprint density at radius 3 is 2.57 bits per heavy atom. The van der Waals surface area contributed by atoms with E-state index in [1.807, 2.05) is 6.07 Å². The van der Waals surface area contributed by atoms with Crippen molar-refractivity contribution in [1.82, 2.24) is 10.2 Å². The first-order chi connectivity index (χ1) is 10.1. The predicted molar refractivity (Wildman–Crippen MR) is 85.7 cm³/mol. The summed E-state index contributed by atoms with van der Waals surface area (Å²) >= 11 is 0. The Kier molecular flexibility index (Phi) is 4.03. The monoisotopic (exact) mass is 286 g/mol. The summed E-state index contributed by atoms with van der Waals surface area (Å²) in [6.07, 6.45) is 8.43. The number of fused-ring (bicyclic) bond motifs is 1. The molecule has 1 aromatic carbocycles. The number of carbonyl (C=O) groups is 1. The zero-order valence-electron chi connectivity index (χ0n) is 13.2. The fourth-order valence-electron chi connectivity index (χ4n) is 3.88. The Bertz CT molecular complexity index is 530. The molecule has 3 heteroatoms. The van der Waals surface area contributed by atoms with Gasteiger partial charge in [0.05, 0.1) is 0 Å². The smallest absolute Gasteiger partial charge is 0.251 e. The quantitative estimate of drug-likeness (QED) is 0.923. The number of nitrogens with zero attached hydrogens (tertiary/aromatic N) is 1. The van der Waals surface area contributed by atoms with E-state index in [2.05, 4.69) is 36.4 Å². The molecule has 2 aliphatic rings. The molecule has 0 aliphatic heterocycles. The summed E-state index contributed by atoms with van der Waals surface area (Å²) in [4.78, 5) is 14.7. The van der Waals surface area contributed by atoms with Crippen molar-refractivity contribution < 1.29 is 4.79 Å². The predicted octanol–water partition coefficient (Wildman–Crippen LogP) is 2.78. The summed E-state index contributed by atoms with van der Waals surface area (Å²) in [7, 11) is 4.26. The van der Waals surface area contributed by atoms with Crippen LogP contribution in [0.2, 0.25) is 0 Å². The Hall–Kier alpha value is -1.35. The molecule has 0 saturated heterocycles. The van der Waals surface area contributed by atoms with E-state index in [-0.39, 0.29) is 11.4 Å². The molecule has 1 N–H and O–H groups in total. The second-order valence-corrected chi connectivity index (χ2v) is 6.85. The molecule has 0 heterocycles. The van der Waals surface area contributed by atoms with Gasteiger partial charge in [-0.05, 0) is 69.5 Å². The molecule has 1 aromatic rings. The van der Waals surface area contributed by atoms with E-state index in [0.717, 1.165) is 18.5 Å². The number of aryl methyl sites for hydroxylation is 2. The van der Waals surface area contributed by atoms with Crippen LogP contribution in [0, 0.1) is 0 Å². The van der Waals surface area contributed by atoms with Crippen LogP contribution in [0.3, 0.4) is 0 Å². The van der Waals surface area contributed by atoms with Gasteiger partial charge in [-0.15, -0.1) is 0 Å². The molecule has 0 spiro atoms. The van der Waals surface area contributed by atoms with Crippen LogP contribution in [0.15, 0.2) is 18.2 Å². The molecule has 114 valence electrons. The minimum atomic E-state index is 0.0813. The molecule has 0 radical (unpaired) electrons. The van der Waals surface area contributed by atoms with E-state index in [4.69, 9.17) is 0 Å². The minimum absolute atomic E-state index is 0.0813. The van der Waals surface area contributed by atoms with Crippen LogP contribution < -0.4 is 5.32 Å². The highest BCUT2D eigenvalue weighted by Gasteiger charge is 2.36. The maximum Gasteiger partial charge on any atom is 0.251 e. The van der Waals surface area contributed by atoms with Crippen molar-refractivity contribution in [3.8, 4) is 0 Å². The lowest BCUT2D eigenvalue weighted by Crippen LogP contribution is -2.50. The SMILES string of the molecule is CN(C)C1(CNC(=O)c2ccc3c(c2)CCC3)CCCC1. The molecule has 0 bridgehead atoms. The zero-order valence-corrected chi connectivity index (χ0v) is 13.2. The molecule has 0 aromatic heterocycles. The summed E-state index contributed by atoms with van der Waals surface area (Å²) in [5.74, 6) is 0.0813. The minimum Gasteiger partial charge on any atom is -0.350 e. The van der Waals surface area contributed by atoms with Gasteiger partial charge in [0, 0.05) is 17.6 Å². The maximum absolute atomic E-state index is 12.4. The Morgan fingerprint density at radius 1 is 1.14 bits per heavy atom. The molecule has 1 amide bonds. The van der Waals surface area contributed by atoms with Gasteiger partial charge in [-0.3, -0.25) is 4.79 Å². The van der Waals surface area contributed by atoms with Crippen LogP contribution in [0.5, 0.6) is 0 Å². The summed E-state index contributed by atoms with van der Waals surface area (Å²) in [5, 5.41) is 3.17. The number of carbonyl (C=O) groups excluding carboxylic acids is 1. The number of likely N-dealkylation sites (N-methyl/N-ethyl adjacent to an activating group) is 1. The van der Waals surface area contributed by atoms with E-state index < -0.39 is 0 Å². The van der Waals surface area contributed by atoms with Crippen molar-refractivity contribution in [1.29, 1.82) is 0 Å². The molecule has 21 heavy (non-hydrogen) atoms. The average molecular weight is 286 g/mol. The summed E-state index contributed by atoms with van der Waals surface area (Å²) in [6.45, 7) is 0.760. The lowest BCUT2D eigenvalue weighted by Gasteiger charge is -2.36. The van der Waals surface area contributed by atoms with Crippen LogP contribution in [0.25, 0.3) is 0 Å². The molecule has 1 fully saturated rings. The summed E-state index contributed by atoms with van der Waals surface area (Å²) < 4.78 is 0. The van der Waals surface area contributed by atoms with Gasteiger partial charge in [0.25, 0.3) is 5.91 Å². The van der Waals surface area contributed by atoms with E-state index in [9.17, 15) is 4.79 Å². The van der Waals surface area contributed by atoms with Crippen molar-refractivity contribution in [2.24, 2.45) is 0 Å². The van der Waals surface area contributed by atoms with Gasteiger partial charge in [0.15, 0.2) is 0 Å². The number of hydrogen-bond acceptors (Lipinski definition) is 2. The van der Waals surface area contributed by atoms with Crippen LogP contribution in [-0.2, 0) is 12.8 Å². The third-order valence-electron chi connectivity index (χ3n) is 5.42. The molecular formula is C18H26N2O. The van der Waals surface area contributed by atoms with Crippen molar-refractivity contribution in [2.45, 2.75) is 50.5 Å². The Balaban J connectivity index is 1.66. The summed E-state index contributed by atoms with van der Waals surface area (Å²) in [5.41, 5.74) is 3.77. The van der Waals surface area contributed by atoms with Gasteiger partial charge < -0.3 is 10.2 Å². The van der Waals surface area contributed by atoms with E-state index >= 15 is 0 Å². The molecule has 0 atom stereocenters. The van der Waals surface area contributed by atoms with Gasteiger partial charge >= 0.3 is 0 Å². The lowest BCUT2D eigenvalue weighted by atomic mass is 9.95. The van der Waals surface area contributed by atoms with Crippen molar-refractivity contribution in [3.63, 3.8) is 0 Å². The molecule has 3 rings (SSSR count). The van der Waals surface area contributed by atoms with Crippen LogP contribution >= 0.6 is 0 Å². The molecule has 3 nitrogen and oxygen atoms in total.